The summed E-state index contributed by atoms with van der Waals surface area (Å²) in [6.07, 6.45) is 7.27. The van der Waals surface area contributed by atoms with Gasteiger partial charge < -0.3 is 5.32 Å². The van der Waals surface area contributed by atoms with Gasteiger partial charge in [-0.1, -0.05) is 23.7 Å². The number of aromatic nitrogens is 7. The van der Waals surface area contributed by atoms with E-state index in [2.05, 4.69) is 38.5 Å². The van der Waals surface area contributed by atoms with Gasteiger partial charge in [-0.15, -0.1) is 0 Å². The van der Waals surface area contributed by atoms with E-state index in [9.17, 15) is 4.79 Å². The van der Waals surface area contributed by atoms with Gasteiger partial charge in [-0.3, -0.25) is 19.0 Å². The lowest BCUT2D eigenvalue weighted by Gasteiger charge is -2.21. The fourth-order valence-corrected chi connectivity index (χ4v) is 5.35. The summed E-state index contributed by atoms with van der Waals surface area (Å²) in [4.78, 5) is 22.7. The van der Waals surface area contributed by atoms with E-state index in [1.807, 2.05) is 61.4 Å². The number of hydrogen-bond acceptors (Lipinski definition) is 6. The maximum absolute atomic E-state index is 13.7. The van der Waals surface area contributed by atoms with E-state index in [0.29, 0.717) is 22.8 Å². The molecule has 9 nitrogen and oxygen atoms in total. The van der Waals surface area contributed by atoms with Crippen LogP contribution >= 0.6 is 11.6 Å². The van der Waals surface area contributed by atoms with Crippen LogP contribution in [-0.2, 0) is 20.6 Å². The van der Waals surface area contributed by atoms with Gasteiger partial charge in [0.15, 0.2) is 0 Å². The molecule has 6 aromatic rings. The molecule has 0 amide bonds. The van der Waals surface area contributed by atoms with Gasteiger partial charge in [0, 0.05) is 54.3 Å². The van der Waals surface area contributed by atoms with E-state index < -0.39 is 0 Å². The molecule has 1 aromatic carbocycles. The van der Waals surface area contributed by atoms with Crippen molar-refractivity contribution in [2.24, 2.45) is 14.1 Å². The minimum Gasteiger partial charge on any atom is -0.377 e. The zero-order valence-electron chi connectivity index (χ0n) is 22.1. The van der Waals surface area contributed by atoms with Gasteiger partial charge in [-0.05, 0) is 55.3 Å². The van der Waals surface area contributed by atoms with E-state index in [-0.39, 0.29) is 11.6 Å². The normalized spacial score (nSPS) is 12.3. The molecule has 0 aliphatic rings. The van der Waals surface area contributed by atoms with Crippen molar-refractivity contribution in [3.8, 4) is 11.3 Å². The zero-order chi connectivity index (χ0) is 27.3. The topological polar surface area (TPSA) is 95.5 Å². The first kappa shape index (κ1) is 24.8. The van der Waals surface area contributed by atoms with Gasteiger partial charge in [0.25, 0.3) is 5.56 Å². The van der Waals surface area contributed by atoms with Crippen LogP contribution in [0.4, 0.5) is 5.69 Å². The first-order valence-electron chi connectivity index (χ1n) is 12.6. The Morgan fingerprint density at radius 1 is 1.05 bits per heavy atom. The second-order valence-electron chi connectivity index (χ2n) is 9.80. The molecule has 0 radical (unpaired) electrons. The van der Waals surface area contributed by atoms with Gasteiger partial charge in [-0.25, -0.2) is 9.67 Å². The Bertz CT molecular complexity index is 1900. The second-order valence-corrected chi connectivity index (χ2v) is 10.2. The number of hydrogen-bond donors (Lipinski definition) is 1. The Labute approximate surface area is 229 Å². The summed E-state index contributed by atoms with van der Waals surface area (Å²) < 4.78 is 5.25. The number of rotatable bonds is 6. The number of benzene rings is 1. The van der Waals surface area contributed by atoms with Gasteiger partial charge in [0.1, 0.15) is 10.8 Å². The van der Waals surface area contributed by atoms with Crippen LogP contribution in [0, 0.1) is 6.92 Å². The largest absolute Gasteiger partial charge is 0.377 e. The minimum atomic E-state index is -0.166. The van der Waals surface area contributed by atoms with Crippen molar-refractivity contribution in [1.29, 1.82) is 0 Å². The molecular formula is C29H27ClN8O. The Morgan fingerprint density at radius 2 is 1.90 bits per heavy atom. The van der Waals surface area contributed by atoms with Crippen molar-refractivity contribution in [3.05, 3.63) is 99.6 Å². The Balaban J connectivity index is 1.50. The standard InChI is InChI=1S/C29H27ClN8O/c1-17-11-21(18(2)34-24-8-9-25(30)35-27(24)19-13-32-36(3)15-19)26-22(12-17)29(39)37(4)28-23(26)14-33-38(28)16-20-7-5-6-10-31-20/h5-15,18,34H,16H2,1-4H3. The molecule has 0 saturated carbocycles. The van der Waals surface area contributed by atoms with Crippen LogP contribution in [0.1, 0.15) is 29.8 Å². The van der Waals surface area contributed by atoms with Crippen LogP contribution in [0.25, 0.3) is 33.1 Å². The molecule has 1 unspecified atom stereocenters. The average molecular weight is 539 g/mol. The predicted molar refractivity (Wildman–Crippen MR) is 154 cm³/mol. The number of pyridine rings is 3. The molecule has 5 heterocycles. The van der Waals surface area contributed by atoms with Crippen LogP contribution in [0.15, 0.2) is 72.0 Å². The molecular weight excluding hydrogens is 512 g/mol. The number of halogens is 1. The monoisotopic (exact) mass is 538 g/mol. The van der Waals surface area contributed by atoms with E-state index in [1.165, 1.54) is 0 Å². The van der Waals surface area contributed by atoms with Crippen LogP contribution < -0.4 is 10.9 Å². The van der Waals surface area contributed by atoms with Crippen molar-refractivity contribution in [2.45, 2.75) is 26.4 Å². The fourth-order valence-electron chi connectivity index (χ4n) is 5.20. The maximum Gasteiger partial charge on any atom is 0.259 e. The Hall–Kier alpha value is -4.50. The third-order valence-electron chi connectivity index (χ3n) is 6.96. The van der Waals surface area contributed by atoms with Gasteiger partial charge in [0.05, 0.1) is 36.0 Å². The van der Waals surface area contributed by atoms with Crippen LogP contribution in [0.2, 0.25) is 5.15 Å². The van der Waals surface area contributed by atoms with Crippen molar-refractivity contribution >= 4 is 39.1 Å². The summed E-state index contributed by atoms with van der Waals surface area (Å²) in [5, 5.41) is 15.5. The van der Waals surface area contributed by atoms with E-state index in [4.69, 9.17) is 11.6 Å². The van der Waals surface area contributed by atoms with Crippen molar-refractivity contribution in [1.82, 2.24) is 34.1 Å². The first-order chi connectivity index (χ1) is 18.8. The van der Waals surface area contributed by atoms with E-state index >= 15 is 0 Å². The SMILES string of the molecule is Cc1cc(C(C)Nc2ccc(Cl)nc2-c2cnn(C)c2)c2c(c1)c(=O)n(C)c1c2cnn1Cc1ccccn1. The fraction of sp³-hybridized carbons (Fsp3) is 0.207. The summed E-state index contributed by atoms with van der Waals surface area (Å²) in [5.41, 5.74) is 5.94. The molecule has 39 heavy (non-hydrogen) atoms. The average Bonchev–Trinajstić information content (AvgIpc) is 3.54. The molecule has 1 N–H and O–H groups in total. The maximum atomic E-state index is 13.7. The smallest absolute Gasteiger partial charge is 0.259 e. The highest BCUT2D eigenvalue weighted by Gasteiger charge is 2.21. The molecule has 6 rings (SSSR count). The van der Waals surface area contributed by atoms with Gasteiger partial charge in [0.2, 0.25) is 0 Å². The number of aryl methyl sites for hydroxylation is 3. The van der Waals surface area contributed by atoms with Crippen LogP contribution in [-0.4, -0.2) is 34.1 Å². The molecule has 0 aliphatic heterocycles. The van der Waals surface area contributed by atoms with Gasteiger partial charge >= 0.3 is 0 Å². The summed E-state index contributed by atoms with van der Waals surface area (Å²) in [7, 11) is 3.66. The summed E-state index contributed by atoms with van der Waals surface area (Å²) in [6.45, 7) is 4.55. The lowest BCUT2D eigenvalue weighted by molar-refractivity contribution is 0.670. The number of nitrogens with zero attached hydrogens (tertiary/aromatic N) is 7. The molecule has 10 heteroatoms. The summed E-state index contributed by atoms with van der Waals surface area (Å²) >= 11 is 6.27. The summed E-state index contributed by atoms with van der Waals surface area (Å²) in [6, 6.07) is 13.4. The van der Waals surface area contributed by atoms with Gasteiger partial charge in [-0.2, -0.15) is 10.2 Å². The number of nitrogens with one attached hydrogen (secondary N) is 1. The molecule has 0 bridgehead atoms. The molecule has 0 spiro atoms. The molecule has 0 fully saturated rings. The molecule has 196 valence electrons. The van der Waals surface area contributed by atoms with Crippen molar-refractivity contribution < 1.29 is 0 Å². The third kappa shape index (κ3) is 4.44. The Kier molecular flexibility index (Phi) is 6.15. The van der Waals surface area contributed by atoms with Crippen LogP contribution in [0.5, 0.6) is 0 Å². The molecule has 1 atom stereocenters. The molecule has 0 aliphatic carbocycles. The number of anilines is 1. The van der Waals surface area contributed by atoms with E-state index in [0.717, 1.165) is 44.5 Å². The lowest BCUT2D eigenvalue weighted by Crippen LogP contribution is -2.21. The summed E-state index contributed by atoms with van der Waals surface area (Å²) in [5.74, 6) is 0. The zero-order valence-corrected chi connectivity index (χ0v) is 22.8. The lowest BCUT2D eigenvalue weighted by atomic mass is 9.95. The first-order valence-corrected chi connectivity index (χ1v) is 13.0. The highest BCUT2D eigenvalue weighted by Crippen LogP contribution is 2.35. The minimum absolute atomic E-state index is 0.0679. The molecule has 0 saturated heterocycles. The van der Waals surface area contributed by atoms with Crippen LogP contribution in [0.3, 0.4) is 0 Å². The highest BCUT2D eigenvalue weighted by molar-refractivity contribution is 6.29. The quantitative estimate of drug-likeness (QED) is 0.291. The predicted octanol–water partition coefficient (Wildman–Crippen LogP) is 5.26. The Morgan fingerprint density at radius 3 is 2.64 bits per heavy atom. The highest BCUT2D eigenvalue weighted by atomic mass is 35.5. The van der Waals surface area contributed by atoms with E-state index in [1.54, 1.807) is 34.8 Å². The van der Waals surface area contributed by atoms with Crippen molar-refractivity contribution in [3.63, 3.8) is 0 Å². The van der Waals surface area contributed by atoms with Crippen molar-refractivity contribution in [2.75, 3.05) is 5.32 Å². The third-order valence-corrected chi connectivity index (χ3v) is 7.17. The molecule has 5 aromatic heterocycles. The number of fused-ring (bicyclic) bond motifs is 3. The second kappa shape index (κ2) is 9.67.